The largest absolute Gasteiger partial charge is 0.507 e. The van der Waals surface area contributed by atoms with Crippen LogP contribution in [-0.2, 0) is 16.0 Å². The highest BCUT2D eigenvalue weighted by Crippen LogP contribution is 2.42. The first-order valence-corrected chi connectivity index (χ1v) is 12.3. The number of ketones is 1. The minimum Gasteiger partial charge on any atom is -0.507 e. The molecule has 1 heterocycles. The van der Waals surface area contributed by atoms with Crippen LogP contribution in [0.1, 0.15) is 42.5 Å². The molecule has 7 heteroatoms. The summed E-state index contributed by atoms with van der Waals surface area (Å²) in [6.07, 6.45) is 2.40. The summed E-state index contributed by atoms with van der Waals surface area (Å²) in [7, 11) is 1.52. The Kier molecular flexibility index (Phi) is 8.23. The van der Waals surface area contributed by atoms with Gasteiger partial charge in [-0.05, 0) is 60.4 Å². The fourth-order valence-electron chi connectivity index (χ4n) is 4.41. The third-order valence-corrected chi connectivity index (χ3v) is 6.40. The standard InChI is InChI=1S/C30H30FNO5/c1-3-4-18-37-24-15-12-22(19-25(24)36-2)27-26(28(33)21-10-13-23(31)14-11-21)29(34)30(35)32(27)17-16-20-8-6-5-7-9-20/h5-15,19,27,33H,3-4,16-18H2,1-2H3/b28-26+. The molecule has 3 aromatic rings. The van der Waals surface area contributed by atoms with Gasteiger partial charge >= 0.3 is 0 Å². The third-order valence-electron chi connectivity index (χ3n) is 6.40. The Bertz CT molecular complexity index is 1290. The van der Waals surface area contributed by atoms with Crippen molar-refractivity contribution in [2.45, 2.75) is 32.2 Å². The molecule has 3 aromatic carbocycles. The maximum atomic E-state index is 13.5. The van der Waals surface area contributed by atoms with Crippen LogP contribution in [0.15, 0.2) is 78.4 Å². The lowest BCUT2D eigenvalue weighted by Gasteiger charge is -2.26. The summed E-state index contributed by atoms with van der Waals surface area (Å²) in [5.41, 5.74) is 1.81. The quantitative estimate of drug-likeness (QED) is 0.167. The van der Waals surface area contributed by atoms with E-state index in [2.05, 4.69) is 6.92 Å². The zero-order chi connectivity index (χ0) is 26.4. The number of amides is 1. The average Bonchev–Trinajstić information content (AvgIpc) is 3.17. The van der Waals surface area contributed by atoms with Crippen molar-refractivity contribution in [2.24, 2.45) is 0 Å². The lowest BCUT2D eigenvalue weighted by atomic mass is 9.94. The van der Waals surface area contributed by atoms with Crippen molar-refractivity contribution in [2.75, 3.05) is 20.3 Å². The molecule has 0 aromatic heterocycles. The van der Waals surface area contributed by atoms with Crippen LogP contribution < -0.4 is 9.47 Å². The Morgan fingerprint density at radius 3 is 2.41 bits per heavy atom. The van der Waals surface area contributed by atoms with Crippen LogP contribution >= 0.6 is 0 Å². The van der Waals surface area contributed by atoms with Gasteiger partial charge in [-0.15, -0.1) is 0 Å². The van der Waals surface area contributed by atoms with Gasteiger partial charge in [-0.1, -0.05) is 49.7 Å². The van der Waals surface area contributed by atoms with Gasteiger partial charge in [-0.2, -0.15) is 0 Å². The highest BCUT2D eigenvalue weighted by Gasteiger charge is 2.46. The molecule has 1 saturated heterocycles. The maximum Gasteiger partial charge on any atom is 0.295 e. The highest BCUT2D eigenvalue weighted by atomic mass is 19.1. The molecule has 4 rings (SSSR count). The highest BCUT2D eigenvalue weighted by molar-refractivity contribution is 6.46. The van der Waals surface area contributed by atoms with E-state index in [0.29, 0.717) is 30.1 Å². The third kappa shape index (κ3) is 5.66. The van der Waals surface area contributed by atoms with E-state index in [1.807, 2.05) is 30.3 Å². The van der Waals surface area contributed by atoms with Crippen molar-refractivity contribution in [3.63, 3.8) is 0 Å². The van der Waals surface area contributed by atoms with Gasteiger partial charge in [-0.3, -0.25) is 9.59 Å². The topological polar surface area (TPSA) is 76.1 Å². The van der Waals surface area contributed by atoms with Crippen LogP contribution in [0.2, 0.25) is 0 Å². The molecule has 0 bridgehead atoms. The van der Waals surface area contributed by atoms with Crippen molar-refractivity contribution >= 4 is 17.4 Å². The number of aliphatic hydroxyl groups excluding tert-OH is 1. The summed E-state index contributed by atoms with van der Waals surface area (Å²) in [6, 6.07) is 19.2. The number of Topliss-reactive ketones (excluding diaryl/α,β-unsaturated/α-hetero) is 1. The summed E-state index contributed by atoms with van der Waals surface area (Å²) >= 11 is 0. The number of halogens is 1. The SMILES string of the molecule is CCCCOc1ccc(C2/C(=C(\O)c3ccc(F)cc3)C(=O)C(=O)N2CCc2ccccc2)cc1OC. The Hall–Kier alpha value is -4.13. The number of methoxy groups -OCH3 is 1. The van der Waals surface area contributed by atoms with Crippen molar-refractivity contribution < 1.29 is 28.6 Å². The second-order valence-corrected chi connectivity index (χ2v) is 8.85. The molecule has 1 fully saturated rings. The van der Waals surface area contributed by atoms with E-state index < -0.39 is 23.5 Å². The Balaban J connectivity index is 1.77. The molecular weight excluding hydrogens is 473 g/mol. The molecule has 1 atom stereocenters. The van der Waals surface area contributed by atoms with E-state index in [-0.39, 0.29) is 23.4 Å². The number of rotatable bonds is 10. The van der Waals surface area contributed by atoms with Gasteiger partial charge in [0.05, 0.1) is 25.3 Å². The summed E-state index contributed by atoms with van der Waals surface area (Å²) in [6.45, 7) is 2.87. The molecule has 1 N–H and O–H groups in total. The van der Waals surface area contributed by atoms with Gasteiger partial charge in [-0.25, -0.2) is 4.39 Å². The van der Waals surface area contributed by atoms with Gasteiger partial charge in [0.25, 0.3) is 11.7 Å². The molecular formula is C30H30FNO5. The second-order valence-electron chi connectivity index (χ2n) is 8.85. The zero-order valence-electron chi connectivity index (χ0n) is 20.9. The maximum absolute atomic E-state index is 13.5. The molecule has 1 amide bonds. The molecule has 0 spiro atoms. The van der Waals surface area contributed by atoms with Gasteiger partial charge in [0.1, 0.15) is 11.6 Å². The van der Waals surface area contributed by atoms with E-state index in [4.69, 9.17) is 9.47 Å². The number of unbranched alkanes of at least 4 members (excludes halogenated alkanes) is 1. The molecule has 0 aliphatic carbocycles. The van der Waals surface area contributed by atoms with Gasteiger partial charge in [0.2, 0.25) is 0 Å². The molecule has 1 aliphatic rings. The smallest absolute Gasteiger partial charge is 0.295 e. The molecule has 192 valence electrons. The van der Waals surface area contributed by atoms with E-state index in [0.717, 1.165) is 18.4 Å². The number of carbonyl (C=O) groups is 2. The van der Waals surface area contributed by atoms with E-state index in [1.165, 1.54) is 36.3 Å². The predicted molar refractivity (Wildman–Crippen MR) is 139 cm³/mol. The van der Waals surface area contributed by atoms with Crippen LogP contribution in [-0.4, -0.2) is 42.0 Å². The Morgan fingerprint density at radius 2 is 1.73 bits per heavy atom. The van der Waals surface area contributed by atoms with Crippen LogP contribution in [0.25, 0.3) is 5.76 Å². The number of carbonyl (C=O) groups excluding carboxylic acids is 2. The van der Waals surface area contributed by atoms with Gasteiger partial charge < -0.3 is 19.5 Å². The van der Waals surface area contributed by atoms with E-state index in [1.54, 1.807) is 18.2 Å². The van der Waals surface area contributed by atoms with Crippen LogP contribution in [0, 0.1) is 5.82 Å². The van der Waals surface area contributed by atoms with Crippen LogP contribution in [0.3, 0.4) is 0 Å². The lowest BCUT2D eigenvalue weighted by Crippen LogP contribution is -2.31. The van der Waals surface area contributed by atoms with Crippen LogP contribution in [0.4, 0.5) is 4.39 Å². The van der Waals surface area contributed by atoms with E-state index in [9.17, 15) is 19.1 Å². The number of hydrogen-bond acceptors (Lipinski definition) is 5. The summed E-state index contributed by atoms with van der Waals surface area (Å²) in [4.78, 5) is 27.9. The lowest BCUT2D eigenvalue weighted by molar-refractivity contribution is -0.139. The normalized spacial score (nSPS) is 16.7. The van der Waals surface area contributed by atoms with Crippen molar-refractivity contribution in [1.82, 2.24) is 4.90 Å². The molecule has 6 nitrogen and oxygen atoms in total. The number of ether oxygens (including phenoxy) is 2. The first kappa shape index (κ1) is 25.9. The fraction of sp³-hybridized carbons (Fsp3) is 0.267. The minimum atomic E-state index is -0.854. The number of nitrogens with zero attached hydrogens (tertiary/aromatic N) is 1. The first-order chi connectivity index (χ1) is 17.9. The zero-order valence-corrected chi connectivity index (χ0v) is 20.9. The van der Waals surface area contributed by atoms with Crippen molar-refractivity contribution in [1.29, 1.82) is 0 Å². The minimum absolute atomic E-state index is 0.0497. The predicted octanol–water partition coefficient (Wildman–Crippen LogP) is 5.68. The monoisotopic (exact) mass is 503 g/mol. The molecule has 0 radical (unpaired) electrons. The summed E-state index contributed by atoms with van der Waals surface area (Å²) in [5, 5.41) is 11.2. The number of hydrogen-bond donors (Lipinski definition) is 1. The second kappa shape index (κ2) is 11.7. The van der Waals surface area contributed by atoms with Gasteiger partial charge in [0.15, 0.2) is 11.5 Å². The Labute approximate surface area is 215 Å². The molecule has 0 saturated carbocycles. The fourth-order valence-corrected chi connectivity index (χ4v) is 4.41. The molecule has 1 unspecified atom stereocenters. The van der Waals surface area contributed by atoms with E-state index >= 15 is 0 Å². The van der Waals surface area contributed by atoms with Crippen molar-refractivity contribution in [3.8, 4) is 11.5 Å². The van der Waals surface area contributed by atoms with Gasteiger partial charge in [0, 0.05) is 12.1 Å². The molecule has 37 heavy (non-hydrogen) atoms. The number of benzene rings is 3. The average molecular weight is 504 g/mol. The number of likely N-dealkylation sites (tertiary alicyclic amines) is 1. The van der Waals surface area contributed by atoms with Crippen molar-refractivity contribution in [3.05, 3.63) is 101 Å². The molecule has 1 aliphatic heterocycles. The summed E-state index contributed by atoms with van der Waals surface area (Å²) in [5.74, 6) is -1.30. The number of aliphatic hydroxyl groups is 1. The van der Waals surface area contributed by atoms with Crippen LogP contribution in [0.5, 0.6) is 11.5 Å². The summed E-state index contributed by atoms with van der Waals surface area (Å²) < 4.78 is 24.9. The first-order valence-electron chi connectivity index (χ1n) is 12.3. The Morgan fingerprint density at radius 1 is 1.00 bits per heavy atom.